The SMILES string of the molecule is CCN(CC(=O)NC(C)C)C[C@H]1CCCN1. The molecule has 1 saturated heterocycles. The van der Waals surface area contributed by atoms with E-state index in [9.17, 15) is 4.79 Å². The molecule has 0 aliphatic carbocycles. The molecule has 1 aliphatic rings. The fourth-order valence-corrected chi connectivity index (χ4v) is 2.10. The number of hydrogen-bond donors (Lipinski definition) is 2. The van der Waals surface area contributed by atoms with E-state index in [0.29, 0.717) is 12.6 Å². The van der Waals surface area contributed by atoms with Crippen LogP contribution in [-0.4, -0.2) is 49.1 Å². The van der Waals surface area contributed by atoms with Gasteiger partial charge in [0.2, 0.25) is 5.91 Å². The van der Waals surface area contributed by atoms with E-state index in [1.807, 2.05) is 13.8 Å². The number of amides is 1. The van der Waals surface area contributed by atoms with Crippen LogP contribution in [0.3, 0.4) is 0 Å². The summed E-state index contributed by atoms with van der Waals surface area (Å²) in [5.74, 6) is 0.134. The Morgan fingerprint density at radius 1 is 1.56 bits per heavy atom. The first-order valence-corrected chi connectivity index (χ1v) is 6.37. The molecule has 0 aromatic carbocycles. The zero-order chi connectivity index (χ0) is 12.0. The largest absolute Gasteiger partial charge is 0.353 e. The molecule has 94 valence electrons. The van der Waals surface area contributed by atoms with Crippen molar-refractivity contribution >= 4 is 5.91 Å². The molecular weight excluding hydrogens is 202 g/mol. The van der Waals surface area contributed by atoms with Crippen LogP contribution in [-0.2, 0) is 4.79 Å². The van der Waals surface area contributed by atoms with Gasteiger partial charge in [-0.05, 0) is 39.8 Å². The summed E-state index contributed by atoms with van der Waals surface area (Å²) < 4.78 is 0. The molecule has 4 heteroatoms. The molecule has 0 spiro atoms. The molecule has 1 amide bonds. The highest BCUT2D eigenvalue weighted by atomic mass is 16.2. The maximum atomic E-state index is 11.6. The van der Waals surface area contributed by atoms with Gasteiger partial charge in [0.25, 0.3) is 0 Å². The minimum atomic E-state index is 0.134. The number of nitrogens with zero attached hydrogens (tertiary/aromatic N) is 1. The third kappa shape index (κ3) is 4.94. The summed E-state index contributed by atoms with van der Waals surface area (Å²) in [5.41, 5.74) is 0. The van der Waals surface area contributed by atoms with E-state index >= 15 is 0 Å². The Hall–Kier alpha value is -0.610. The molecule has 0 aromatic heterocycles. The Labute approximate surface area is 98.8 Å². The average molecular weight is 227 g/mol. The predicted molar refractivity (Wildman–Crippen MR) is 66.4 cm³/mol. The monoisotopic (exact) mass is 227 g/mol. The minimum absolute atomic E-state index is 0.134. The van der Waals surface area contributed by atoms with E-state index in [1.165, 1.54) is 12.8 Å². The second kappa shape index (κ2) is 6.86. The molecule has 4 nitrogen and oxygen atoms in total. The van der Waals surface area contributed by atoms with Crippen LogP contribution < -0.4 is 10.6 Å². The Morgan fingerprint density at radius 3 is 2.81 bits per heavy atom. The number of likely N-dealkylation sites (N-methyl/N-ethyl adjacent to an activating group) is 1. The van der Waals surface area contributed by atoms with E-state index in [2.05, 4.69) is 22.5 Å². The van der Waals surface area contributed by atoms with Crippen LogP contribution >= 0.6 is 0 Å². The first-order valence-electron chi connectivity index (χ1n) is 6.37. The molecule has 0 bridgehead atoms. The lowest BCUT2D eigenvalue weighted by atomic mass is 10.2. The first-order chi connectivity index (χ1) is 7.61. The third-order valence-corrected chi connectivity index (χ3v) is 2.91. The number of hydrogen-bond acceptors (Lipinski definition) is 3. The van der Waals surface area contributed by atoms with Gasteiger partial charge in [-0.1, -0.05) is 6.92 Å². The van der Waals surface area contributed by atoms with Crippen molar-refractivity contribution in [2.24, 2.45) is 0 Å². The van der Waals surface area contributed by atoms with Gasteiger partial charge < -0.3 is 10.6 Å². The van der Waals surface area contributed by atoms with Crippen molar-refractivity contribution in [2.45, 2.75) is 45.7 Å². The number of carbonyl (C=O) groups excluding carboxylic acids is 1. The highest BCUT2D eigenvalue weighted by molar-refractivity contribution is 5.78. The minimum Gasteiger partial charge on any atom is -0.353 e. The fraction of sp³-hybridized carbons (Fsp3) is 0.917. The number of nitrogens with one attached hydrogen (secondary N) is 2. The second-order valence-electron chi connectivity index (χ2n) is 4.84. The summed E-state index contributed by atoms with van der Waals surface area (Å²) in [7, 11) is 0. The van der Waals surface area contributed by atoms with Crippen molar-refractivity contribution in [2.75, 3.05) is 26.2 Å². The van der Waals surface area contributed by atoms with Crippen molar-refractivity contribution in [1.29, 1.82) is 0 Å². The van der Waals surface area contributed by atoms with Gasteiger partial charge in [0, 0.05) is 18.6 Å². The van der Waals surface area contributed by atoms with Gasteiger partial charge >= 0.3 is 0 Å². The smallest absolute Gasteiger partial charge is 0.234 e. The molecule has 1 fully saturated rings. The first kappa shape index (κ1) is 13.5. The van der Waals surface area contributed by atoms with E-state index in [4.69, 9.17) is 0 Å². The van der Waals surface area contributed by atoms with Crippen LogP contribution in [0.5, 0.6) is 0 Å². The molecule has 1 atom stereocenters. The van der Waals surface area contributed by atoms with Crippen LogP contribution in [0.2, 0.25) is 0 Å². The molecule has 1 aliphatic heterocycles. The van der Waals surface area contributed by atoms with E-state index in [-0.39, 0.29) is 11.9 Å². The molecule has 0 saturated carbocycles. The summed E-state index contributed by atoms with van der Waals surface area (Å²) >= 11 is 0. The fourth-order valence-electron chi connectivity index (χ4n) is 2.10. The van der Waals surface area contributed by atoms with Crippen molar-refractivity contribution < 1.29 is 4.79 Å². The Balaban J connectivity index is 2.27. The van der Waals surface area contributed by atoms with Gasteiger partial charge in [-0.2, -0.15) is 0 Å². The van der Waals surface area contributed by atoms with Crippen molar-refractivity contribution in [1.82, 2.24) is 15.5 Å². The number of rotatable bonds is 6. The average Bonchev–Trinajstić information content (AvgIpc) is 2.68. The highest BCUT2D eigenvalue weighted by Crippen LogP contribution is 2.06. The van der Waals surface area contributed by atoms with Crippen molar-refractivity contribution in [3.8, 4) is 0 Å². The van der Waals surface area contributed by atoms with Gasteiger partial charge in [-0.15, -0.1) is 0 Å². The molecule has 0 unspecified atom stereocenters. The second-order valence-corrected chi connectivity index (χ2v) is 4.84. The van der Waals surface area contributed by atoms with Gasteiger partial charge in [-0.3, -0.25) is 9.69 Å². The summed E-state index contributed by atoms with van der Waals surface area (Å²) in [4.78, 5) is 13.8. The van der Waals surface area contributed by atoms with E-state index in [1.54, 1.807) is 0 Å². The summed E-state index contributed by atoms with van der Waals surface area (Å²) in [5, 5.41) is 6.39. The van der Waals surface area contributed by atoms with Crippen LogP contribution in [0.15, 0.2) is 0 Å². The maximum absolute atomic E-state index is 11.6. The lowest BCUT2D eigenvalue weighted by Gasteiger charge is -2.24. The zero-order valence-electron chi connectivity index (χ0n) is 10.8. The molecule has 1 rings (SSSR count). The highest BCUT2D eigenvalue weighted by Gasteiger charge is 2.18. The molecule has 16 heavy (non-hydrogen) atoms. The van der Waals surface area contributed by atoms with E-state index < -0.39 is 0 Å². The van der Waals surface area contributed by atoms with Crippen LogP contribution in [0.25, 0.3) is 0 Å². The molecular formula is C12H25N3O. The van der Waals surface area contributed by atoms with Crippen molar-refractivity contribution in [3.63, 3.8) is 0 Å². The van der Waals surface area contributed by atoms with Gasteiger partial charge in [0.1, 0.15) is 0 Å². The van der Waals surface area contributed by atoms with E-state index in [0.717, 1.165) is 19.6 Å². The molecule has 2 N–H and O–H groups in total. The van der Waals surface area contributed by atoms with Gasteiger partial charge in [-0.25, -0.2) is 0 Å². The number of carbonyl (C=O) groups is 1. The lowest BCUT2D eigenvalue weighted by Crippen LogP contribution is -2.44. The third-order valence-electron chi connectivity index (χ3n) is 2.91. The normalized spacial score (nSPS) is 20.7. The molecule has 0 aromatic rings. The molecule has 1 heterocycles. The lowest BCUT2D eigenvalue weighted by molar-refractivity contribution is -0.122. The zero-order valence-corrected chi connectivity index (χ0v) is 10.8. The maximum Gasteiger partial charge on any atom is 0.234 e. The van der Waals surface area contributed by atoms with Gasteiger partial charge in [0.05, 0.1) is 6.54 Å². The van der Waals surface area contributed by atoms with Crippen LogP contribution in [0, 0.1) is 0 Å². The van der Waals surface area contributed by atoms with Crippen molar-refractivity contribution in [3.05, 3.63) is 0 Å². The predicted octanol–water partition coefficient (Wildman–Crippen LogP) is 0.585. The standard InChI is InChI=1S/C12H25N3O/c1-4-15(8-11-6-5-7-13-11)9-12(16)14-10(2)3/h10-11,13H,4-9H2,1-3H3,(H,14,16)/t11-/m1/s1. The quantitative estimate of drug-likeness (QED) is 0.698. The summed E-state index contributed by atoms with van der Waals surface area (Å²) in [6, 6.07) is 0.808. The Morgan fingerprint density at radius 2 is 2.31 bits per heavy atom. The Kier molecular flexibility index (Phi) is 5.77. The summed E-state index contributed by atoms with van der Waals surface area (Å²) in [6.45, 7) is 9.66. The molecule has 0 radical (unpaired) electrons. The summed E-state index contributed by atoms with van der Waals surface area (Å²) in [6.07, 6.45) is 2.50. The van der Waals surface area contributed by atoms with Crippen LogP contribution in [0.4, 0.5) is 0 Å². The Bertz CT molecular complexity index is 212. The van der Waals surface area contributed by atoms with Gasteiger partial charge in [0.15, 0.2) is 0 Å². The topological polar surface area (TPSA) is 44.4 Å². The van der Waals surface area contributed by atoms with Crippen LogP contribution in [0.1, 0.15) is 33.6 Å².